The molecule has 0 aliphatic heterocycles. The van der Waals surface area contributed by atoms with Gasteiger partial charge in [-0.3, -0.25) is 4.79 Å². The molecule has 0 saturated carbocycles. The Balaban J connectivity index is 4.03. The van der Waals surface area contributed by atoms with Crippen molar-refractivity contribution in [2.24, 2.45) is 11.1 Å². The van der Waals surface area contributed by atoms with Crippen molar-refractivity contribution in [3.8, 4) is 0 Å². The molecule has 0 radical (unpaired) electrons. The molecule has 0 unspecified atom stereocenters. The number of esters is 1. The molecule has 58 valence electrons. The maximum Gasteiger partial charge on any atom is 0.317 e. The molecule has 0 atom stereocenters. The van der Waals surface area contributed by atoms with Crippen molar-refractivity contribution >= 4 is 5.97 Å². The normalized spacial score (nSPS) is 10.7. The first-order chi connectivity index (χ1) is 4.54. The molecule has 3 heteroatoms. The van der Waals surface area contributed by atoms with Crippen LogP contribution >= 0.6 is 0 Å². The number of carbonyl (C=O) groups excluding carboxylic acids is 1. The maximum atomic E-state index is 10.9. The van der Waals surface area contributed by atoms with Crippen LogP contribution in [0.15, 0.2) is 12.8 Å². The van der Waals surface area contributed by atoms with Crippen LogP contribution in [0, 0.1) is 5.41 Å². The first-order valence-electron chi connectivity index (χ1n) is 3.06. The molecule has 0 amide bonds. The lowest BCUT2D eigenvalue weighted by molar-refractivity contribution is -0.147. The van der Waals surface area contributed by atoms with Gasteiger partial charge in [-0.15, -0.1) is 0 Å². The molecule has 3 nitrogen and oxygen atoms in total. The number of carbonyl (C=O) groups is 1. The average Bonchev–Trinajstić information content (AvgIpc) is 1.89. The first kappa shape index (κ1) is 9.17. The van der Waals surface area contributed by atoms with E-state index in [0.29, 0.717) is 0 Å². The van der Waals surface area contributed by atoms with E-state index in [1.165, 1.54) is 0 Å². The third-order valence-electron chi connectivity index (χ3n) is 1.25. The van der Waals surface area contributed by atoms with Gasteiger partial charge in [0.1, 0.15) is 0 Å². The van der Waals surface area contributed by atoms with E-state index < -0.39 is 5.41 Å². The van der Waals surface area contributed by atoms with Crippen LogP contribution in [0.2, 0.25) is 0 Å². The van der Waals surface area contributed by atoms with Gasteiger partial charge in [-0.2, -0.15) is 0 Å². The lowest BCUT2D eigenvalue weighted by Crippen LogP contribution is -2.33. The Kier molecular flexibility index (Phi) is 3.09. The summed E-state index contributed by atoms with van der Waals surface area (Å²) in [6.45, 7) is 6.98. The molecule has 0 aliphatic carbocycles. The van der Waals surface area contributed by atoms with Crippen LogP contribution < -0.4 is 5.73 Å². The van der Waals surface area contributed by atoms with Gasteiger partial charge >= 0.3 is 5.97 Å². The fraction of sp³-hybridized carbons (Fsp3) is 0.571. The van der Waals surface area contributed by atoms with Gasteiger partial charge in [0.25, 0.3) is 0 Å². The second-order valence-corrected chi connectivity index (χ2v) is 2.66. The van der Waals surface area contributed by atoms with E-state index in [2.05, 4.69) is 11.3 Å². The van der Waals surface area contributed by atoms with Crippen molar-refractivity contribution in [3.05, 3.63) is 12.8 Å². The van der Waals surface area contributed by atoms with Gasteiger partial charge < -0.3 is 10.5 Å². The minimum atomic E-state index is -0.603. The summed E-state index contributed by atoms with van der Waals surface area (Å²) < 4.78 is 4.54. The second-order valence-electron chi connectivity index (χ2n) is 2.66. The Morgan fingerprint density at radius 2 is 2.30 bits per heavy atom. The molecule has 0 rings (SSSR count). The van der Waals surface area contributed by atoms with Crippen molar-refractivity contribution in [1.29, 1.82) is 0 Å². The minimum absolute atomic E-state index is 0.277. The zero-order valence-electron chi connectivity index (χ0n) is 6.39. The standard InChI is InChI=1S/C7H13NO2/c1-4-10-6(9)7(2,3)5-8/h4H,1,5,8H2,2-3H3. The lowest BCUT2D eigenvalue weighted by atomic mass is 9.94. The molecule has 0 heterocycles. The summed E-state index contributed by atoms with van der Waals surface area (Å²) in [5, 5.41) is 0. The van der Waals surface area contributed by atoms with E-state index >= 15 is 0 Å². The highest BCUT2D eigenvalue weighted by Crippen LogP contribution is 2.14. The molecule has 0 aromatic carbocycles. The summed E-state index contributed by atoms with van der Waals surface area (Å²) in [4.78, 5) is 10.9. The van der Waals surface area contributed by atoms with E-state index in [0.717, 1.165) is 6.26 Å². The van der Waals surface area contributed by atoms with Crippen LogP contribution in [-0.4, -0.2) is 12.5 Å². The molecule has 0 aromatic heterocycles. The highest BCUT2D eigenvalue weighted by molar-refractivity contribution is 5.76. The largest absolute Gasteiger partial charge is 0.435 e. The molecular weight excluding hydrogens is 130 g/mol. The summed E-state index contributed by atoms with van der Waals surface area (Å²) >= 11 is 0. The summed E-state index contributed by atoms with van der Waals surface area (Å²) in [5.41, 5.74) is 4.70. The summed E-state index contributed by atoms with van der Waals surface area (Å²) in [5.74, 6) is -0.343. The van der Waals surface area contributed by atoms with Crippen molar-refractivity contribution in [2.45, 2.75) is 13.8 Å². The van der Waals surface area contributed by atoms with Crippen molar-refractivity contribution in [3.63, 3.8) is 0 Å². The van der Waals surface area contributed by atoms with Crippen LogP contribution in [0.1, 0.15) is 13.8 Å². The fourth-order valence-electron chi connectivity index (χ4n) is 0.319. The highest BCUT2D eigenvalue weighted by Gasteiger charge is 2.26. The van der Waals surface area contributed by atoms with Crippen LogP contribution in [0.4, 0.5) is 0 Å². The molecule has 0 bridgehead atoms. The Morgan fingerprint density at radius 3 is 2.60 bits per heavy atom. The zero-order valence-corrected chi connectivity index (χ0v) is 6.39. The first-order valence-corrected chi connectivity index (χ1v) is 3.06. The van der Waals surface area contributed by atoms with Crippen LogP contribution in [0.3, 0.4) is 0 Å². The topological polar surface area (TPSA) is 52.3 Å². The van der Waals surface area contributed by atoms with Crippen molar-refractivity contribution in [1.82, 2.24) is 0 Å². The number of hydrogen-bond donors (Lipinski definition) is 1. The van der Waals surface area contributed by atoms with Crippen molar-refractivity contribution in [2.75, 3.05) is 6.54 Å². The molecule has 2 N–H and O–H groups in total. The monoisotopic (exact) mass is 143 g/mol. The molecule has 0 fully saturated rings. The average molecular weight is 143 g/mol. The zero-order chi connectivity index (χ0) is 8.20. The molecule has 10 heavy (non-hydrogen) atoms. The van der Waals surface area contributed by atoms with E-state index in [-0.39, 0.29) is 12.5 Å². The van der Waals surface area contributed by atoms with Gasteiger partial charge in [-0.1, -0.05) is 6.58 Å². The smallest absolute Gasteiger partial charge is 0.317 e. The lowest BCUT2D eigenvalue weighted by Gasteiger charge is -2.17. The summed E-state index contributed by atoms with van der Waals surface area (Å²) in [6, 6.07) is 0. The van der Waals surface area contributed by atoms with Crippen LogP contribution in [0.5, 0.6) is 0 Å². The van der Waals surface area contributed by atoms with E-state index in [4.69, 9.17) is 5.73 Å². The quantitative estimate of drug-likeness (QED) is 0.466. The predicted octanol–water partition coefficient (Wildman–Crippen LogP) is 0.658. The molecular formula is C7H13NO2. The van der Waals surface area contributed by atoms with Crippen LogP contribution in [0.25, 0.3) is 0 Å². The highest BCUT2D eigenvalue weighted by atomic mass is 16.5. The SMILES string of the molecule is C=COC(=O)C(C)(C)CN. The van der Waals surface area contributed by atoms with Gasteiger partial charge in [0.2, 0.25) is 0 Å². The Labute approximate surface area is 60.9 Å². The van der Waals surface area contributed by atoms with Gasteiger partial charge in [-0.05, 0) is 13.8 Å². The Bertz CT molecular complexity index is 141. The number of hydrogen-bond acceptors (Lipinski definition) is 3. The maximum absolute atomic E-state index is 10.9. The van der Waals surface area contributed by atoms with Crippen LogP contribution in [-0.2, 0) is 9.53 Å². The van der Waals surface area contributed by atoms with Gasteiger partial charge in [0.05, 0.1) is 11.7 Å². The van der Waals surface area contributed by atoms with E-state index in [1.807, 2.05) is 0 Å². The van der Waals surface area contributed by atoms with Gasteiger partial charge in [0, 0.05) is 6.54 Å². The third-order valence-corrected chi connectivity index (χ3v) is 1.25. The Hall–Kier alpha value is -0.830. The van der Waals surface area contributed by atoms with E-state index in [9.17, 15) is 4.79 Å². The minimum Gasteiger partial charge on any atom is -0.435 e. The molecule has 0 spiro atoms. The molecule has 0 aromatic rings. The molecule has 0 aliphatic rings. The Morgan fingerprint density at radius 1 is 1.80 bits per heavy atom. The second kappa shape index (κ2) is 3.37. The van der Waals surface area contributed by atoms with Crippen molar-refractivity contribution < 1.29 is 9.53 Å². The fourth-order valence-corrected chi connectivity index (χ4v) is 0.319. The number of ether oxygens (including phenoxy) is 1. The van der Waals surface area contributed by atoms with Gasteiger partial charge in [-0.25, -0.2) is 0 Å². The summed E-state index contributed by atoms with van der Waals surface area (Å²) in [6.07, 6.45) is 1.11. The van der Waals surface area contributed by atoms with Gasteiger partial charge in [0.15, 0.2) is 0 Å². The van der Waals surface area contributed by atoms with E-state index in [1.54, 1.807) is 13.8 Å². The predicted molar refractivity (Wildman–Crippen MR) is 39.1 cm³/mol. The number of nitrogens with two attached hydrogens (primary N) is 1. The summed E-state index contributed by atoms with van der Waals surface area (Å²) in [7, 11) is 0. The number of rotatable bonds is 3. The molecule has 0 saturated heterocycles. The third kappa shape index (κ3) is 2.19.